The van der Waals surface area contributed by atoms with E-state index in [1.165, 1.54) is 12.1 Å². The van der Waals surface area contributed by atoms with Gasteiger partial charge in [-0.1, -0.05) is 0 Å². The third-order valence-corrected chi connectivity index (χ3v) is 6.84. The van der Waals surface area contributed by atoms with Crippen LogP contribution in [0, 0.1) is 24.5 Å². The van der Waals surface area contributed by atoms with Crippen LogP contribution in [0.5, 0.6) is 0 Å². The number of hydrogen-bond donors (Lipinski definition) is 0. The van der Waals surface area contributed by atoms with Crippen LogP contribution in [0.3, 0.4) is 0 Å². The molecule has 2 bridgehead atoms. The molecule has 1 aromatic heterocycles. The summed E-state index contributed by atoms with van der Waals surface area (Å²) in [6.07, 6.45) is 5.46. The zero-order valence-electron chi connectivity index (χ0n) is 15.8. The lowest BCUT2D eigenvalue weighted by atomic mass is 9.75. The molecule has 3 atom stereocenters. The predicted octanol–water partition coefficient (Wildman–Crippen LogP) is 3.37. The largest absolute Gasteiger partial charge is 0.333 e. The van der Waals surface area contributed by atoms with Gasteiger partial charge in [0.1, 0.15) is 11.6 Å². The van der Waals surface area contributed by atoms with Crippen molar-refractivity contribution >= 4 is 5.91 Å². The molecule has 0 saturated carbocycles. The highest BCUT2D eigenvalue weighted by atomic mass is 19.1. The number of rotatable bonds is 2. The average molecular weight is 383 g/mol. The molecule has 146 valence electrons. The third-order valence-electron chi connectivity index (χ3n) is 6.84. The highest BCUT2D eigenvalue weighted by Crippen LogP contribution is 2.47. The van der Waals surface area contributed by atoms with E-state index in [9.17, 15) is 13.6 Å². The number of carbonyl (C=O) groups is 1. The van der Waals surface area contributed by atoms with Crippen LogP contribution >= 0.6 is 0 Å². The van der Waals surface area contributed by atoms with Crippen molar-refractivity contribution in [3.8, 4) is 0 Å². The maximum absolute atomic E-state index is 13.9. The Kier molecular flexibility index (Phi) is 4.19. The molecule has 6 rings (SSSR count). The summed E-state index contributed by atoms with van der Waals surface area (Å²) in [6, 6.07) is 5.82. The first kappa shape index (κ1) is 17.7. The number of likely N-dealkylation sites (tertiary alicyclic amines) is 1. The topological polar surface area (TPSA) is 36.4 Å². The first-order valence-electron chi connectivity index (χ1n) is 9.94. The fourth-order valence-electron chi connectivity index (χ4n) is 5.58. The molecule has 4 nitrogen and oxygen atoms in total. The van der Waals surface area contributed by atoms with E-state index in [1.54, 1.807) is 12.4 Å². The Bertz CT molecular complexity index is 905. The molecule has 4 aliphatic heterocycles. The Morgan fingerprint density at radius 1 is 1.11 bits per heavy atom. The highest BCUT2D eigenvalue weighted by molar-refractivity contribution is 5.96. The van der Waals surface area contributed by atoms with Gasteiger partial charge in [0.15, 0.2) is 0 Å². The molecule has 0 unspecified atom stereocenters. The van der Waals surface area contributed by atoms with Crippen molar-refractivity contribution in [3.63, 3.8) is 0 Å². The number of nitrogens with zero attached hydrogens (tertiary/aromatic N) is 3. The Labute approximate surface area is 163 Å². The molecular formula is C22H23F2N3O. The fourth-order valence-corrected chi connectivity index (χ4v) is 5.58. The van der Waals surface area contributed by atoms with Gasteiger partial charge in [-0.15, -0.1) is 0 Å². The molecule has 0 aliphatic carbocycles. The Balaban J connectivity index is 1.56. The maximum atomic E-state index is 13.9. The first-order chi connectivity index (χ1) is 13.5. The van der Waals surface area contributed by atoms with Crippen molar-refractivity contribution in [1.82, 2.24) is 14.8 Å². The van der Waals surface area contributed by atoms with Gasteiger partial charge in [-0.05, 0) is 68.1 Å². The minimum Gasteiger partial charge on any atom is -0.333 e. The molecule has 4 fully saturated rings. The quantitative estimate of drug-likeness (QED) is 0.798. The van der Waals surface area contributed by atoms with Crippen molar-refractivity contribution in [2.75, 3.05) is 19.6 Å². The minimum atomic E-state index is -0.560. The summed E-state index contributed by atoms with van der Waals surface area (Å²) >= 11 is 0. The van der Waals surface area contributed by atoms with Gasteiger partial charge < -0.3 is 4.90 Å². The van der Waals surface area contributed by atoms with Crippen LogP contribution in [0.4, 0.5) is 8.78 Å². The number of pyridine rings is 1. The molecule has 5 heterocycles. The van der Waals surface area contributed by atoms with Crippen molar-refractivity contribution in [3.05, 3.63) is 65.0 Å². The summed E-state index contributed by atoms with van der Waals surface area (Å²) in [5, 5.41) is 0. The lowest BCUT2D eigenvalue weighted by molar-refractivity contribution is -0.00347. The van der Waals surface area contributed by atoms with Crippen LogP contribution in [0.15, 0.2) is 36.7 Å². The fraction of sp³-hybridized carbons (Fsp3) is 0.455. The van der Waals surface area contributed by atoms with Gasteiger partial charge in [0.25, 0.3) is 5.91 Å². The van der Waals surface area contributed by atoms with Crippen LogP contribution < -0.4 is 0 Å². The van der Waals surface area contributed by atoms with Crippen molar-refractivity contribution in [2.45, 2.75) is 37.8 Å². The lowest BCUT2D eigenvalue weighted by Gasteiger charge is -2.51. The van der Waals surface area contributed by atoms with Crippen molar-refractivity contribution in [1.29, 1.82) is 0 Å². The monoisotopic (exact) mass is 383 g/mol. The van der Waals surface area contributed by atoms with E-state index in [2.05, 4.69) is 9.88 Å². The second-order valence-corrected chi connectivity index (χ2v) is 8.31. The normalized spacial score (nSPS) is 31.1. The van der Waals surface area contributed by atoms with Crippen molar-refractivity contribution in [2.24, 2.45) is 5.92 Å². The number of piperidine rings is 3. The first-order valence-corrected chi connectivity index (χ1v) is 9.94. The summed E-state index contributed by atoms with van der Waals surface area (Å²) in [7, 11) is 0. The smallest absolute Gasteiger partial charge is 0.256 e. The minimum absolute atomic E-state index is 0.0197. The standard InChI is InChI=1S/C22H23F2N3O/c1-13-2-5-25-11-18(13)22(28)27-12-19(15-8-16(23)10-17(24)9-15)21-20(27)14-3-6-26(21)7-4-14/h2,5,8-11,14,19-21H,3-4,6-7,12H2,1H3/t19-,20+,21+/m0/s1. The number of carbonyl (C=O) groups excluding carboxylic acids is 1. The molecule has 0 N–H and O–H groups in total. The van der Waals surface area contributed by atoms with E-state index in [4.69, 9.17) is 0 Å². The SMILES string of the molecule is Cc1ccncc1C(=O)N1C[C@@H](c2cc(F)cc(F)c2)[C@@H]2[C@H]1C1CCN2CC1. The molecule has 2 aromatic rings. The zero-order valence-corrected chi connectivity index (χ0v) is 15.8. The van der Waals surface area contributed by atoms with Gasteiger partial charge in [-0.25, -0.2) is 8.78 Å². The third kappa shape index (κ3) is 2.73. The van der Waals surface area contributed by atoms with E-state index in [0.29, 0.717) is 23.6 Å². The van der Waals surface area contributed by atoms with Crippen LogP contribution in [0.1, 0.15) is 40.2 Å². The molecule has 4 saturated heterocycles. The van der Waals surface area contributed by atoms with E-state index in [-0.39, 0.29) is 23.9 Å². The van der Waals surface area contributed by atoms with Crippen LogP contribution in [-0.2, 0) is 0 Å². The Morgan fingerprint density at radius 3 is 2.50 bits per heavy atom. The van der Waals surface area contributed by atoms with Crippen LogP contribution in [-0.4, -0.2) is 52.4 Å². The van der Waals surface area contributed by atoms with Gasteiger partial charge in [-0.2, -0.15) is 0 Å². The van der Waals surface area contributed by atoms with E-state index < -0.39 is 11.6 Å². The lowest BCUT2D eigenvalue weighted by Crippen LogP contribution is -2.60. The molecule has 0 spiro atoms. The van der Waals surface area contributed by atoms with Crippen molar-refractivity contribution < 1.29 is 13.6 Å². The van der Waals surface area contributed by atoms with Gasteiger partial charge in [-0.3, -0.25) is 14.7 Å². The molecule has 6 heteroatoms. The summed E-state index contributed by atoms with van der Waals surface area (Å²) in [5.41, 5.74) is 2.17. The van der Waals surface area contributed by atoms with E-state index in [1.807, 2.05) is 17.9 Å². The summed E-state index contributed by atoms with van der Waals surface area (Å²) in [5.74, 6) is -0.780. The van der Waals surface area contributed by atoms with Gasteiger partial charge in [0, 0.05) is 37.0 Å². The summed E-state index contributed by atoms with van der Waals surface area (Å²) < 4.78 is 27.8. The predicted molar refractivity (Wildman–Crippen MR) is 101 cm³/mol. The maximum Gasteiger partial charge on any atom is 0.256 e. The second-order valence-electron chi connectivity index (χ2n) is 8.31. The molecule has 1 amide bonds. The number of hydrogen-bond acceptors (Lipinski definition) is 3. The van der Waals surface area contributed by atoms with E-state index in [0.717, 1.165) is 37.6 Å². The second kappa shape index (κ2) is 6.62. The molecule has 4 aliphatic rings. The number of halogens is 2. The zero-order chi connectivity index (χ0) is 19.4. The number of benzene rings is 1. The number of aryl methyl sites for hydroxylation is 1. The Morgan fingerprint density at radius 2 is 1.82 bits per heavy atom. The molecule has 28 heavy (non-hydrogen) atoms. The average Bonchev–Trinajstić information content (AvgIpc) is 3.11. The number of aromatic nitrogens is 1. The van der Waals surface area contributed by atoms with Gasteiger partial charge in [0.2, 0.25) is 0 Å². The van der Waals surface area contributed by atoms with E-state index >= 15 is 0 Å². The summed E-state index contributed by atoms with van der Waals surface area (Å²) in [4.78, 5) is 21.9. The van der Waals surface area contributed by atoms with Crippen LogP contribution in [0.25, 0.3) is 0 Å². The molecular weight excluding hydrogens is 360 g/mol. The molecule has 0 radical (unpaired) electrons. The number of amides is 1. The van der Waals surface area contributed by atoms with Gasteiger partial charge >= 0.3 is 0 Å². The summed E-state index contributed by atoms with van der Waals surface area (Å²) in [6.45, 7) is 4.39. The number of fused-ring (bicyclic) bond motifs is 2. The molecule has 1 aromatic carbocycles. The highest BCUT2D eigenvalue weighted by Gasteiger charge is 2.54. The Hall–Kier alpha value is -2.34. The van der Waals surface area contributed by atoms with Gasteiger partial charge in [0.05, 0.1) is 11.6 Å². The van der Waals surface area contributed by atoms with Crippen LogP contribution in [0.2, 0.25) is 0 Å².